The molecule has 0 heterocycles. The molecule has 0 radical (unpaired) electrons. The van der Waals surface area contributed by atoms with Gasteiger partial charge in [-0.15, -0.1) is 0 Å². The largest absolute Gasteiger partial charge is 0.458 e. The molecule has 2 nitrogen and oxygen atoms in total. The lowest BCUT2D eigenvalue weighted by atomic mass is 10.1. The predicted octanol–water partition coefficient (Wildman–Crippen LogP) is 3.75. The maximum absolute atomic E-state index is 11.6. The van der Waals surface area contributed by atoms with Crippen LogP contribution in [0.4, 0.5) is 0 Å². The summed E-state index contributed by atoms with van der Waals surface area (Å²) in [5.74, 6) is -0.327. The Labute approximate surface area is 113 Å². The molecule has 0 spiro atoms. The van der Waals surface area contributed by atoms with Gasteiger partial charge in [-0.2, -0.15) is 0 Å². The Morgan fingerprint density at radius 2 is 1.74 bits per heavy atom. The van der Waals surface area contributed by atoms with E-state index in [1.54, 1.807) is 6.08 Å². The Bertz CT molecular complexity index is 571. The molecule has 2 aromatic carbocycles. The summed E-state index contributed by atoms with van der Waals surface area (Å²) in [5.41, 5.74) is 3.15. The monoisotopic (exact) mass is 252 g/mol. The van der Waals surface area contributed by atoms with Crippen molar-refractivity contribution in [1.29, 1.82) is 0 Å². The Kier molecular flexibility index (Phi) is 4.51. The highest BCUT2D eigenvalue weighted by atomic mass is 16.5. The zero-order chi connectivity index (χ0) is 13.5. The molecule has 0 aromatic heterocycles. The first-order valence-corrected chi connectivity index (χ1v) is 6.20. The van der Waals surface area contributed by atoms with Crippen molar-refractivity contribution in [3.8, 4) is 0 Å². The molecule has 0 N–H and O–H groups in total. The third-order valence-corrected chi connectivity index (χ3v) is 2.81. The van der Waals surface area contributed by atoms with Crippen LogP contribution >= 0.6 is 0 Å². The van der Waals surface area contributed by atoms with E-state index in [9.17, 15) is 4.79 Å². The summed E-state index contributed by atoms with van der Waals surface area (Å²) in [6.07, 6.45) is 3.24. The Balaban J connectivity index is 1.90. The number of benzene rings is 2. The minimum Gasteiger partial charge on any atom is -0.458 e. The number of rotatable bonds is 4. The van der Waals surface area contributed by atoms with Crippen molar-refractivity contribution >= 4 is 12.0 Å². The summed E-state index contributed by atoms with van der Waals surface area (Å²) < 4.78 is 5.16. The van der Waals surface area contributed by atoms with Gasteiger partial charge < -0.3 is 4.74 Å². The van der Waals surface area contributed by atoms with Gasteiger partial charge in [0.05, 0.1) is 0 Å². The molecule has 0 saturated carbocycles. The topological polar surface area (TPSA) is 26.3 Å². The summed E-state index contributed by atoms with van der Waals surface area (Å²) in [7, 11) is 0. The van der Waals surface area contributed by atoms with E-state index in [0.717, 1.165) is 16.7 Å². The Morgan fingerprint density at radius 3 is 2.47 bits per heavy atom. The Hall–Kier alpha value is -2.35. The van der Waals surface area contributed by atoms with Gasteiger partial charge in [0.15, 0.2) is 0 Å². The average Bonchev–Trinajstić information content (AvgIpc) is 2.45. The summed E-state index contributed by atoms with van der Waals surface area (Å²) in [6, 6.07) is 17.5. The van der Waals surface area contributed by atoms with Crippen molar-refractivity contribution in [3.05, 3.63) is 77.4 Å². The zero-order valence-electron chi connectivity index (χ0n) is 10.9. The van der Waals surface area contributed by atoms with Crippen molar-refractivity contribution in [3.63, 3.8) is 0 Å². The van der Waals surface area contributed by atoms with E-state index in [1.165, 1.54) is 6.08 Å². The lowest BCUT2D eigenvalue weighted by molar-refractivity contribution is -0.138. The minimum absolute atomic E-state index is 0.303. The smallest absolute Gasteiger partial charge is 0.331 e. The van der Waals surface area contributed by atoms with Gasteiger partial charge in [0.2, 0.25) is 0 Å². The SMILES string of the molecule is Cc1ccccc1C=CC(=O)OCc1ccccc1. The third kappa shape index (κ3) is 4.11. The van der Waals surface area contributed by atoms with Gasteiger partial charge in [-0.25, -0.2) is 4.79 Å². The van der Waals surface area contributed by atoms with Gasteiger partial charge >= 0.3 is 5.97 Å². The van der Waals surface area contributed by atoms with Crippen molar-refractivity contribution in [2.24, 2.45) is 0 Å². The van der Waals surface area contributed by atoms with Gasteiger partial charge in [0, 0.05) is 6.08 Å². The fourth-order valence-corrected chi connectivity index (χ4v) is 1.71. The van der Waals surface area contributed by atoms with Crippen LogP contribution in [0.15, 0.2) is 60.7 Å². The highest BCUT2D eigenvalue weighted by Gasteiger charge is 1.99. The van der Waals surface area contributed by atoms with Crippen LogP contribution in [0.2, 0.25) is 0 Å². The third-order valence-electron chi connectivity index (χ3n) is 2.81. The summed E-state index contributed by atoms with van der Waals surface area (Å²) in [6.45, 7) is 2.31. The normalized spacial score (nSPS) is 10.6. The highest BCUT2D eigenvalue weighted by molar-refractivity contribution is 5.87. The molecule has 2 rings (SSSR count). The summed E-state index contributed by atoms with van der Waals surface area (Å²) >= 11 is 0. The molecule has 19 heavy (non-hydrogen) atoms. The number of aryl methyl sites for hydroxylation is 1. The number of hydrogen-bond donors (Lipinski definition) is 0. The van der Waals surface area contributed by atoms with Gasteiger partial charge in [-0.3, -0.25) is 0 Å². The minimum atomic E-state index is -0.327. The van der Waals surface area contributed by atoms with Crippen LogP contribution in [0.5, 0.6) is 0 Å². The maximum Gasteiger partial charge on any atom is 0.331 e. The molecular weight excluding hydrogens is 236 g/mol. The predicted molar refractivity (Wildman–Crippen MR) is 76.5 cm³/mol. The first kappa shape index (κ1) is 13.1. The van der Waals surface area contributed by atoms with Crippen molar-refractivity contribution in [2.75, 3.05) is 0 Å². The van der Waals surface area contributed by atoms with Crippen molar-refractivity contribution in [1.82, 2.24) is 0 Å². The average molecular weight is 252 g/mol. The highest BCUT2D eigenvalue weighted by Crippen LogP contribution is 2.09. The first-order valence-electron chi connectivity index (χ1n) is 6.20. The Morgan fingerprint density at radius 1 is 1.05 bits per heavy atom. The van der Waals surface area contributed by atoms with E-state index >= 15 is 0 Å². The van der Waals surface area contributed by atoms with Crippen LogP contribution < -0.4 is 0 Å². The molecule has 0 unspecified atom stereocenters. The molecule has 2 heteroatoms. The van der Waals surface area contributed by atoms with Gasteiger partial charge in [-0.1, -0.05) is 54.6 Å². The molecule has 0 aliphatic carbocycles. The number of hydrogen-bond acceptors (Lipinski definition) is 2. The van der Waals surface area contributed by atoms with Gasteiger partial charge in [0.25, 0.3) is 0 Å². The quantitative estimate of drug-likeness (QED) is 0.612. The van der Waals surface area contributed by atoms with Crippen LogP contribution in [0.3, 0.4) is 0 Å². The number of carbonyl (C=O) groups excluding carboxylic acids is 1. The standard InChI is InChI=1S/C17H16O2/c1-14-7-5-6-10-16(14)11-12-17(18)19-13-15-8-3-2-4-9-15/h2-12H,13H2,1H3. The second-order valence-corrected chi connectivity index (χ2v) is 4.28. The molecule has 2 aromatic rings. The summed E-state index contributed by atoms with van der Waals surface area (Å²) in [4.78, 5) is 11.6. The fraction of sp³-hybridized carbons (Fsp3) is 0.118. The van der Waals surface area contributed by atoms with E-state index in [-0.39, 0.29) is 5.97 Å². The zero-order valence-corrected chi connectivity index (χ0v) is 10.9. The summed E-state index contributed by atoms with van der Waals surface area (Å²) in [5, 5.41) is 0. The number of carbonyl (C=O) groups is 1. The second kappa shape index (κ2) is 6.55. The van der Waals surface area contributed by atoms with Crippen LogP contribution in [-0.2, 0) is 16.1 Å². The molecule has 0 bridgehead atoms. The molecule has 0 aliphatic heterocycles. The molecular formula is C17H16O2. The number of esters is 1. The molecule has 96 valence electrons. The fourth-order valence-electron chi connectivity index (χ4n) is 1.71. The van der Waals surface area contributed by atoms with E-state index in [1.807, 2.05) is 61.5 Å². The van der Waals surface area contributed by atoms with E-state index < -0.39 is 0 Å². The van der Waals surface area contributed by atoms with Crippen molar-refractivity contribution in [2.45, 2.75) is 13.5 Å². The van der Waals surface area contributed by atoms with E-state index in [4.69, 9.17) is 4.74 Å². The molecule has 0 amide bonds. The number of ether oxygens (including phenoxy) is 1. The van der Waals surface area contributed by atoms with Crippen LogP contribution in [0, 0.1) is 6.92 Å². The van der Waals surface area contributed by atoms with Crippen molar-refractivity contribution < 1.29 is 9.53 Å². The van der Waals surface area contributed by atoms with Crippen LogP contribution in [0.1, 0.15) is 16.7 Å². The van der Waals surface area contributed by atoms with Gasteiger partial charge in [0.1, 0.15) is 6.61 Å². The lowest BCUT2D eigenvalue weighted by Crippen LogP contribution is -2.00. The van der Waals surface area contributed by atoms with Crippen LogP contribution in [0.25, 0.3) is 6.08 Å². The maximum atomic E-state index is 11.6. The lowest BCUT2D eigenvalue weighted by Gasteiger charge is -2.02. The van der Waals surface area contributed by atoms with Crippen LogP contribution in [-0.4, -0.2) is 5.97 Å². The molecule has 0 atom stereocenters. The van der Waals surface area contributed by atoms with E-state index in [0.29, 0.717) is 6.61 Å². The molecule has 0 fully saturated rings. The van der Waals surface area contributed by atoms with Gasteiger partial charge in [-0.05, 0) is 29.7 Å². The first-order chi connectivity index (χ1) is 9.25. The molecule has 0 aliphatic rings. The molecule has 0 saturated heterocycles. The van der Waals surface area contributed by atoms with E-state index in [2.05, 4.69) is 0 Å². The second-order valence-electron chi connectivity index (χ2n) is 4.28.